The van der Waals surface area contributed by atoms with Crippen molar-refractivity contribution in [3.8, 4) is 28.7 Å². The van der Waals surface area contributed by atoms with E-state index in [0.717, 1.165) is 5.56 Å². The molecule has 2 aliphatic rings. The van der Waals surface area contributed by atoms with Gasteiger partial charge in [0.15, 0.2) is 23.6 Å². The summed E-state index contributed by atoms with van der Waals surface area (Å²) in [6.45, 7) is 1.81. The number of ketones is 1. The van der Waals surface area contributed by atoms with E-state index in [4.69, 9.17) is 14.2 Å². The van der Waals surface area contributed by atoms with Gasteiger partial charge in [0.2, 0.25) is 6.79 Å². The maximum Gasteiger partial charge on any atom is 0.231 e. The molecule has 2 aliphatic heterocycles. The molecule has 0 bridgehead atoms. The monoisotopic (exact) mass is 356 g/mol. The summed E-state index contributed by atoms with van der Waals surface area (Å²) in [6, 6.07) is 5.43. The highest BCUT2D eigenvalue weighted by Gasteiger charge is 2.35. The van der Waals surface area contributed by atoms with Crippen LogP contribution < -0.4 is 14.2 Å². The number of hydrogen-bond acceptors (Lipinski definition) is 7. The van der Waals surface area contributed by atoms with Gasteiger partial charge in [-0.1, -0.05) is 6.07 Å². The largest absolute Gasteiger partial charge is 0.507 e. The van der Waals surface area contributed by atoms with Gasteiger partial charge in [-0.3, -0.25) is 9.59 Å². The zero-order valence-electron chi connectivity index (χ0n) is 13.9. The topological polar surface area (TPSA) is 102 Å². The molecule has 2 aromatic carbocycles. The Morgan fingerprint density at radius 3 is 2.69 bits per heavy atom. The summed E-state index contributed by atoms with van der Waals surface area (Å²) in [5.41, 5.74) is 0.765. The molecule has 0 amide bonds. The molecule has 4 rings (SSSR count). The Kier molecular flexibility index (Phi) is 3.72. The van der Waals surface area contributed by atoms with Crippen molar-refractivity contribution in [1.29, 1.82) is 0 Å². The standard InChI is InChI=1S/C19H16O7/c1-9-16(21)12(6-20)18(23)15-17(22)11(7-24-19(9)15)4-10-2-3-13-14(5-10)26-8-25-13/h2-3,5-6,11,21,23H,4,7-8H2,1H3. The van der Waals surface area contributed by atoms with Gasteiger partial charge in [0, 0.05) is 5.56 Å². The molecule has 0 aromatic heterocycles. The van der Waals surface area contributed by atoms with E-state index in [2.05, 4.69) is 0 Å². The van der Waals surface area contributed by atoms with Gasteiger partial charge in [0.05, 0.1) is 18.1 Å². The number of carbonyl (C=O) groups excluding carboxylic acids is 2. The SMILES string of the molecule is Cc1c(O)c(C=O)c(O)c2c1OCC(Cc1ccc3c(c1)OCO3)C2=O. The Hall–Kier alpha value is -3.22. The van der Waals surface area contributed by atoms with Gasteiger partial charge in [-0.15, -0.1) is 0 Å². The smallest absolute Gasteiger partial charge is 0.231 e. The number of aldehydes is 1. The zero-order valence-corrected chi connectivity index (χ0v) is 13.9. The third-order valence-electron chi connectivity index (χ3n) is 4.75. The molecule has 0 aliphatic carbocycles. The van der Waals surface area contributed by atoms with Crippen LogP contribution in [0, 0.1) is 12.8 Å². The molecule has 2 heterocycles. The van der Waals surface area contributed by atoms with Crippen LogP contribution in [0.5, 0.6) is 28.7 Å². The summed E-state index contributed by atoms with van der Waals surface area (Å²) in [4.78, 5) is 24.1. The molecular weight excluding hydrogens is 340 g/mol. The average molecular weight is 356 g/mol. The van der Waals surface area contributed by atoms with Crippen LogP contribution >= 0.6 is 0 Å². The molecule has 0 spiro atoms. The van der Waals surface area contributed by atoms with E-state index in [9.17, 15) is 19.8 Å². The minimum atomic E-state index is -0.543. The van der Waals surface area contributed by atoms with E-state index in [1.807, 2.05) is 12.1 Å². The van der Waals surface area contributed by atoms with Crippen molar-refractivity contribution in [2.24, 2.45) is 5.92 Å². The third kappa shape index (κ3) is 2.35. The summed E-state index contributed by atoms with van der Waals surface area (Å²) >= 11 is 0. The van der Waals surface area contributed by atoms with Crippen LogP contribution in [0.15, 0.2) is 18.2 Å². The van der Waals surface area contributed by atoms with Crippen molar-refractivity contribution >= 4 is 12.1 Å². The number of phenolic OH excluding ortho intramolecular Hbond substituents is 2. The molecule has 134 valence electrons. The van der Waals surface area contributed by atoms with Crippen LogP contribution in [0.1, 0.15) is 31.8 Å². The Morgan fingerprint density at radius 1 is 1.15 bits per heavy atom. The molecule has 2 aromatic rings. The summed E-state index contributed by atoms with van der Waals surface area (Å²) < 4.78 is 16.3. The molecule has 0 saturated heterocycles. The van der Waals surface area contributed by atoms with Crippen LogP contribution in [0.2, 0.25) is 0 Å². The summed E-state index contributed by atoms with van der Waals surface area (Å²) in [5.74, 6) is -0.372. The molecule has 0 fully saturated rings. The zero-order chi connectivity index (χ0) is 18.4. The fourth-order valence-corrected chi connectivity index (χ4v) is 3.34. The van der Waals surface area contributed by atoms with Gasteiger partial charge in [-0.25, -0.2) is 0 Å². The van der Waals surface area contributed by atoms with Gasteiger partial charge >= 0.3 is 0 Å². The predicted molar refractivity (Wildman–Crippen MR) is 89.5 cm³/mol. The fourth-order valence-electron chi connectivity index (χ4n) is 3.34. The van der Waals surface area contributed by atoms with E-state index >= 15 is 0 Å². The van der Waals surface area contributed by atoms with Crippen LogP contribution in [0.4, 0.5) is 0 Å². The maximum absolute atomic E-state index is 12.9. The first kappa shape index (κ1) is 16.3. The van der Waals surface area contributed by atoms with Crippen molar-refractivity contribution in [3.63, 3.8) is 0 Å². The Balaban J connectivity index is 1.68. The number of fused-ring (bicyclic) bond motifs is 2. The lowest BCUT2D eigenvalue weighted by Crippen LogP contribution is -2.30. The number of aromatic hydroxyl groups is 2. The first-order chi connectivity index (χ1) is 12.5. The van der Waals surface area contributed by atoms with Gasteiger partial charge in [0.25, 0.3) is 0 Å². The van der Waals surface area contributed by atoms with Crippen molar-refractivity contribution in [3.05, 3.63) is 40.5 Å². The molecule has 7 heteroatoms. The van der Waals surface area contributed by atoms with Crippen molar-refractivity contribution in [1.82, 2.24) is 0 Å². The molecule has 1 unspecified atom stereocenters. The number of ether oxygens (including phenoxy) is 3. The Morgan fingerprint density at radius 2 is 1.92 bits per heavy atom. The number of Topliss-reactive ketones (excluding diaryl/α,β-unsaturated/α-hetero) is 1. The second-order valence-corrected chi connectivity index (χ2v) is 6.32. The predicted octanol–water partition coefficient (Wildman–Crippen LogP) is 2.38. The van der Waals surface area contributed by atoms with E-state index in [-0.39, 0.29) is 47.4 Å². The number of phenols is 2. The third-order valence-corrected chi connectivity index (χ3v) is 4.75. The minimum absolute atomic E-state index is 0.0561. The van der Waals surface area contributed by atoms with Gasteiger partial charge in [-0.05, 0) is 31.0 Å². The van der Waals surface area contributed by atoms with Crippen molar-refractivity contribution in [2.75, 3.05) is 13.4 Å². The first-order valence-corrected chi connectivity index (χ1v) is 8.10. The molecule has 1 atom stereocenters. The van der Waals surface area contributed by atoms with Crippen LogP contribution in [-0.2, 0) is 6.42 Å². The average Bonchev–Trinajstić information content (AvgIpc) is 3.09. The summed E-state index contributed by atoms with van der Waals surface area (Å²) in [7, 11) is 0. The van der Waals surface area contributed by atoms with Crippen LogP contribution in [0.25, 0.3) is 0 Å². The lowest BCUT2D eigenvalue weighted by Gasteiger charge is -2.27. The van der Waals surface area contributed by atoms with E-state index in [1.54, 1.807) is 6.07 Å². The molecular formula is C19H16O7. The number of hydrogen-bond donors (Lipinski definition) is 2. The Labute approximate surface area is 148 Å². The fraction of sp³-hybridized carbons (Fsp3) is 0.263. The van der Waals surface area contributed by atoms with Gasteiger partial charge < -0.3 is 24.4 Å². The highest BCUT2D eigenvalue weighted by molar-refractivity contribution is 6.07. The van der Waals surface area contributed by atoms with Crippen molar-refractivity contribution < 1.29 is 34.0 Å². The first-order valence-electron chi connectivity index (χ1n) is 8.10. The highest BCUT2D eigenvalue weighted by Crippen LogP contribution is 2.45. The summed E-state index contributed by atoms with van der Waals surface area (Å²) in [5, 5.41) is 20.3. The second-order valence-electron chi connectivity index (χ2n) is 6.32. The number of carbonyl (C=O) groups is 2. The lowest BCUT2D eigenvalue weighted by atomic mass is 9.87. The number of benzene rings is 2. The van der Waals surface area contributed by atoms with Crippen molar-refractivity contribution in [2.45, 2.75) is 13.3 Å². The van der Waals surface area contributed by atoms with E-state index < -0.39 is 11.7 Å². The molecule has 7 nitrogen and oxygen atoms in total. The van der Waals surface area contributed by atoms with E-state index in [0.29, 0.717) is 24.2 Å². The maximum atomic E-state index is 12.9. The molecule has 26 heavy (non-hydrogen) atoms. The molecule has 0 saturated carbocycles. The van der Waals surface area contributed by atoms with Gasteiger partial charge in [0.1, 0.15) is 22.8 Å². The quantitative estimate of drug-likeness (QED) is 0.814. The molecule has 0 radical (unpaired) electrons. The second kappa shape index (κ2) is 5.94. The molecule has 2 N–H and O–H groups in total. The van der Waals surface area contributed by atoms with Gasteiger partial charge in [-0.2, -0.15) is 0 Å². The van der Waals surface area contributed by atoms with Crippen LogP contribution in [-0.4, -0.2) is 35.7 Å². The lowest BCUT2D eigenvalue weighted by molar-refractivity contribution is 0.0824. The number of rotatable bonds is 3. The normalized spacial score (nSPS) is 17.6. The minimum Gasteiger partial charge on any atom is -0.507 e. The Bertz CT molecular complexity index is 932. The van der Waals surface area contributed by atoms with Crippen LogP contribution in [0.3, 0.4) is 0 Å². The highest BCUT2D eigenvalue weighted by atomic mass is 16.7. The summed E-state index contributed by atoms with van der Waals surface area (Å²) in [6.07, 6.45) is 0.706. The van der Waals surface area contributed by atoms with E-state index in [1.165, 1.54) is 6.92 Å².